The van der Waals surface area contributed by atoms with Crippen molar-refractivity contribution < 1.29 is 9.59 Å². The molecule has 0 atom stereocenters. The van der Waals surface area contributed by atoms with E-state index in [1.807, 2.05) is 30.8 Å². The van der Waals surface area contributed by atoms with Crippen molar-refractivity contribution in [2.24, 2.45) is 0 Å². The number of carbonyl (C=O) groups is 2. The minimum absolute atomic E-state index is 0.0237. The maximum Gasteiger partial charge on any atom is 0.327 e. The van der Waals surface area contributed by atoms with Gasteiger partial charge in [0.2, 0.25) is 0 Å². The third kappa shape index (κ3) is 3.12. The highest BCUT2D eigenvalue weighted by Gasteiger charge is 2.57. The molecule has 2 fully saturated rings. The van der Waals surface area contributed by atoms with Crippen LogP contribution in [0.2, 0.25) is 0 Å². The lowest BCUT2D eigenvalue weighted by Crippen LogP contribution is -2.58. The second kappa shape index (κ2) is 7.48. The highest BCUT2D eigenvalue weighted by Crippen LogP contribution is 2.38. The monoisotopic (exact) mass is 384 g/mol. The molecule has 28 heavy (non-hydrogen) atoms. The van der Waals surface area contributed by atoms with Crippen molar-refractivity contribution in [1.82, 2.24) is 19.6 Å². The first kappa shape index (κ1) is 19.4. The molecule has 0 unspecified atom stereocenters. The Kier molecular flexibility index (Phi) is 5.19. The summed E-state index contributed by atoms with van der Waals surface area (Å²) in [5.74, 6) is 0.0237. The number of piperidine rings is 1. The molecule has 3 amide bonds. The van der Waals surface area contributed by atoms with Crippen molar-refractivity contribution in [3.8, 4) is 0 Å². The number of amides is 3. The molecule has 0 radical (unpaired) electrons. The molecule has 1 aliphatic carbocycles. The van der Waals surface area contributed by atoms with Gasteiger partial charge in [0.15, 0.2) is 0 Å². The summed E-state index contributed by atoms with van der Waals surface area (Å²) in [6, 6.07) is 9.15. The van der Waals surface area contributed by atoms with Crippen LogP contribution in [-0.2, 0) is 17.6 Å². The lowest BCUT2D eigenvalue weighted by Gasteiger charge is -2.43. The molecule has 4 rings (SSSR count). The van der Waals surface area contributed by atoms with Crippen LogP contribution in [0, 0.1) is 0 Å². The Balaban J connectivity index is 1.45. The Labute approximate surface area is 168 Å². The maximum absolute atomic E-state index is 13.3. The number of nitrogens with zero attached hydrogens (tertiary/aromatic N) is 4. The quantitative estimate of drug-likeness (QED) is 0.727. The van der Waals surface area contributed by atoms with E-state index in [1.54, 1.807) is 0 Å². The van der Waals surface area contributed by atoms with Gasteiger partial charge in [0.25, 0.3) is 5.91 Å². The molecular weight excluding hydrogens is 352 g/mol. The Hall–Kier alpha value is -1.92. The minimum Gasteiger partial charge on any atom is -0.310 e. The number of hydrogen-bond acceptors (Lipinski definition) is 4. The van der Waals surface area contributed by atoms with Gasteiger partial charge in [-0.25, -0.2) is 4.79 Å². The van der Waals surface area contributed by atoms with Crippen LogP contribution in [0.4, 0.5) is 4.79 Å². The van der Waals surface area contributed by atoms with E-state index in [2.05, 4.69) is 29.2 Å². The molecule has 1 aromatic carbocycles. The summed E-state index contributed by atoms with van der Waals surface area (Å²) in [6.07, 6.45) is 3.69. The molecule has 0 saturated carbocycles. The molecule has 0 aromatic heterocycles. The SMILES string of the molecule is CCN1C(=O)N(CCN(C)C)C(=O)C12CCN(C1Cc3ccccc3C1)CC2. The van der Waals surface area contributed by atoms with Crippen LogP contribution in [0.5, 0.6) is 0 Å². The second-order valence-corrected chi connectivity index (χ2v) is 8.69. The molecular formula is C22H32N4O2. The van der Waals surface area contributed by atoms with E-state index < -0.39 is 5.54 Å². The van der Waals surface area contributed by atoms with Gasteiger partial charge in [-0.2, -0.15) is 0 Å². The number of hydrogen-bond donors (Lipinski definition) is 0. The Morgan fingerprint density at radius 1 is 1.07 bits per heavy atom. The summed E-state index contributed by atoms with van der Waals surface area (Å²) in [4.78, 5) is 34.1. The molecule has 6 heteroatoms. The number of likely N-dealkylation sites (N-methyl/N-ethyl adjacent to an activating group) is 2. The first-order valence-electron chi connectivity index (χ1n) is 10.6. The van der Waals surface area contributed by atoms with Crippen molar-refractivity contribution in [3.05, 3.63) is 35.4 Å². The van der Waals surface area contributed by atoms with Crippen LogP contribution in [0.25, 0.3) is 0 Å². The fourth-order valence-electron chi connectivity index (χ4n) is 5.25. The van der Waals surface area contributed by atoms with E-state index in [-0.39, 0.29) is 11.9 Å². The average molecular weight is 385 g/mol. The zero-order valence-electron chi connectivity index (χ0n) is 17.4. The third-order valence-electron chi connectivity index (χ3n) is 6.88. The molecule has 0 N–H and O–H groups in total. The van der Waals surface area contributed by atoms with E-state index in [9.17, 15) is 9.59 Å². The molecule has 1 aromatic rings. The van der Waals surface area contributed by atoms with Crippen LogP contribution in [-0.4, -0.2) is 89.9 Å². The average Bonchev–Trinajstić information content (AvgIpc) is 3.19. The van der Waals surface area contributed by atoms with Crippen molar-refractivity contribution in [1.29, 1.82) is 0 Å². The van der Waals surface area contributed by atoms with Crippen LogP contribution < -0.4 is 0 Å². The Bertz CT molecular complexity index is 730. The number of carbonyl (C=O) groups excluding carboxylic acids is 2. The number of rotatable bonds is 5. The second-order valence-electron chi connectivity index (χ2n) is 8.69. The molecule has 0 bridgehead atoms. The first-order valence-corrected chi connectivity index (χ1v) is 10.6. The fourth-order valence-corrected chi connectivity index (χ4v) is 5.25. The van der Waals surface area contributed by atoms with Crippen LogP contribution in [0.1, 0.15) is 30.9 Å². The number of fused-ring (bicyclic) bond motifs is 1. The van der Waals surface area contributed by atoms with Gasteiger partial charge in [0.05, 0.1) is 0 Å². The zero-order valence-corrected chi connectivity index (χ0v) is 17.4. The normalized spacial score (nSPS) is 22.7. The van der Waals surface area contributed by atoms with Gasteiger partial charge in [-0.15, -0.1) is 0 Å². The smallest absolute Gasteiger partial charge is 0.310 e. The van der Waals surface area contributed by atoms with E-state index >= 15 is 0 Å². The predicted molar refractivity (Wildman–Crippen MR) is 109 cm³/mol. The van der Waals surface area contributed by atoms with Crippen molar-refractivity contribution >= 4 is 11.9 Å². The van der Waals surface area contributed by atoms with Crippen LogP contribution >= 0.6 is 0 Å². The highest BCUT2D eigenvalue weighted by atomic mass is 16.2. The van der Waals surface area contributed by atoms with Gasteiger partial charge in [-0.3, -0.25) is 14.6 Å². The summed E-state index contributed by atoms with van der Waals surface area (Å²) >= 11 is 0. The summed E-state index contributed by atoms with van der Waals surface area (Å²) in [5.41, 5.74) is 2.30. The zero-order chi connectivity index (χ0) is 19.9. The van der Waals surface area contributed by atoms with Gasteiger partial charge in [0, 0.05) is 38.8 Å². The maximum atomic E-state index is 13.3. The topological polar surface area (TPSA) is 47.1 Å². The summed E-state index contributed by atoms with van der Waals surface area (Å²) in [5, 5.41) is 0. The molecule has 3 aliphatic rings. The molecule has 2 heterocycles. The molecule has 6 nitrogen and oxygen atoms in total. The van der Waals surface area contributed by atoms with Gasteiger partial charge in [0.1, 0.15) is 5.54 Å². The van der Waals surface area contributed by atoms with Crippen molar-refractivity contribution in [3.63, 3.8) is 0 Å². The van der Waals surface area contributed by atoms with E-state index in [1.165, 1.54) is 16.0 Å². The molecule has 1 spiro atoms. The third-order valence-corrected chi connectivity index (χ3v) is 6.88. The van der Waals surface area contributed by atoms with Crippen LogP contribution in [0.3, 0.4) is 0 Å². The lowest BCUT2D eigenvalue weighted by atomic mass is 9.85. The number of urea groups is 1. The lowest BCUT2D eigenvalue weighted by molar-refractivity contribution is -0.136. The number of likely N-dealkylation sites (tertiary alicyclic amines) is 1. The largest absolute Gasteiger partial charge is 0.327 e. The Morgan fingerprint density at radius 2 is 1.68 bits per heavy atom. The Morgan fingerprint density at radius 3 is 2.21 bits per heavy atom. The molecule has 2 saturated heterocycles. The number of imide groups is 1. The van der Waals surface area contributed by atoms with Crippen molar-refractivity contribution in [2.75, 3.05) is 46.8 Å². The summed E-state index contributed by atoms with van der Waals surface area (Å²) in [6.45, 7) is 5.54. The fraction of sp³-hybridized carbons (Fsp3) is 0.636. The van der Waals surface area contributed by atoms with E-state index in [0.29, 0.717) is 25.7 Å². The van der Waals surface area contributed by atoms with Gasteiger partial charge >= 0.3 is 6.03 Å². The molecule has 152 valence electrons. The van der Waals surface area contributed by atoms with Crippen LogP contribution in [0.15, 0.2) is 24.3 Å². The van der Waals surface area contributed by atoms with Crippen molar-refractivity contribution in [2.45, 2.75) is 44.2 Å². The number of benzene rings is 1. The molecule has 2 aliphatic heterocycles. The highest BCUT2D eigenvalue weighted by molar-refractivity contribution is 6.07. The summed E-state index contributed by atoms with van der Waals surface area (Å²) < 4.78 is 0. The predicted octanol–water partition coefficient (Wildman–Crippen LogP) is 1.83. The first-order chi connectivity index (χ1) is 13.5. The standard InChI is InChI=1S/C22H32N4O2/c1-4-26-21(28)25(14-13-23(2)3)20(27)22(26)9-11-24(12-10-22)19-15-17-7-5-6-8-18(17)16-19/h5-8,19H,4,9-16H2,1-3H3. The minimum atomic E-state index is -0.625. The summed E-state index contributed by atoms with van der Waals surface area (Å²) in [7, 11) is 3.94. The van der Waals surface area contributed by atoms with Gasteiger partial charge in [-0.05, 0) is 57.8 Å². The van der Waals surface area contributed by atoms with Gasteiger partial charge < -0.3 is 9.80 Å². The van der Waals surface area contributed by atoms with Gasteiger partial charge in [-0.1, -0.05) is 24.3 Å². The van der Waals surface area contributed by atoms with E-state index in [4.69, 9.17) is 0 Å². The van der Waals surface area contributed by atoms with E-state index in [0.717, 1.165) is 38.8 Å².